The summed E-state index contributed by atoms with van der Waals surface area (Å²) >= 11 is 11.6. The number of nitrogens with zero attached hydrogens (tertiary/aromatic N) is 1. The Balaban J connectivity index is 1.20. The van der Waals surface area contributed by atoms with Gasteiger partial charge in [-0.15, -0.1) is 0 Å². The highest BCUT2D eigenvalue weighted by molar-refractivity contribution is 6.31. The van der Waals surface area contributed by atoms with E-state index in [0.717, 1.165) is 17.9 Å². The van der Waals surface area contributed by atoms with Crippen LogP contribution in [0.3, 0.4) is 0 Å². The minimum Gasteiger partial charge on any atom is -0.484 e. The van der Waals surface area contributed by atoms with Crippen LogP contribution >= 0.6 is 23.2 Å². The Bertz CT molecular complexity index is 1150. The van der Waals surface area contributed by atoms with Crippen molar-refractivity contribution in [3.8, 4) is 5.75 Å². The molecule has 0 saturated carbocycles. The molecule has 7 nitrogen and oxygen atoms in total. The van der Waals surface area contributed by atoms with Crippen molar-refractivity contribution < 1.29 is 23.1 Å². The predicted molar refractivity (Wildman–Crippen MR) is 118 cm³/mol. The largest absolute Gasteiger partial charge is 0.484 e. The number of amides is 2. The van der Waals surface area contributed by atoms with Gasteiger partial charge in [-0.2, -0.15) is 0 Å². The second-order valence-electron chi connectivity index (χ2n) is 7.50. The molecule has 0 spiro atoms. The van der Waals surface area contributed by atoms with Crippen molar-refractivity contribution in [2.45, 2.75) is 6.42 Å². The molecule has 1 aromatic heterocycles. The fourth-order valence-corrected chi connectivity index (χ4v) is 3.75. The van der Waals surface area contributed by atoms with Gasteiger partial charge in [0.2, 0.25) is 0 Å². The monoisotopic (exact) mass is 479 g/mol. The van der Waals surface area contributed by atoms with Crippen LogP contribution in [0.15, 0.2) is 46.9 Å². The first-order valence-corrected chi connectivity index (χ1v) is 10.7. The zero-order valence-corrected chi connectivity index (χ0v) is 18.4. The van der Waals surface area contributed by atoms with Gasteiger partial charge in [0.15, 0.2) is 12.4 Å². The van der Waals surface area contributed by atoms with Gasteiger partial charge in [0.05, 0.1) is 5.02 Å². The van der Waals surface area contributed by atoms with Crippen LogP contribution < -0.4 is 15.5 Å². The van der Waals surface area contributed by atoms with Crippen LogP contribution in [0.1, 0.15) is 17.0 Å². The number of halogens is 3. The van der Waals surface area contributed by atoms with Gasteiger partial charge in [-0.3, -0.25) is 15.0 Å². The molecule has 1 aliphatic rings. The number of ether oxygens (including phenoxy) is 1. The molecule has 168 valence electrons. The predicted octanol–water partition coefficient (Wildman–Crippen LogP) is 4.04. The number of furan rings is 1. The van der Waals surface area contributed by atoms with E-state index in [1.165, 1.54) is 12.1 Å². The summed E-state index contributed by atoms with van der Waals surface area (Å²) in [5.74, 6) is -0.667. The molecule has 2 N–H and O–H groups in total. The second kappa shape index (κ2) is 9.77. The standard InChI is InChI=1S/C22H20Cl2FN3O4/c23-15-1-4-19-14(7-15)8-20(32-19)22(30)27-28-6-5-13(11-28)10-26-21(29)12-31-16-2-3-17(24)18(25)9-16/h1-4,7-9,13H,5-6,10-12H2,(H,26,29)(H,27,30). The first-order valence-electron chi connectivity index (χ1n) is 9.97. The number of nitrogens with one attached hydrogen (secondary N) is 2. The van der Waals surface area contributed by atoms with Crippen molar-refractivity contribution in [3.05, 3.63) is 64.1 Å². The van der Waals surface area contributed by atoms with Crippen LogP contribution in [-0.2, 0) is 4.79 Å². The van der Waals surface area contributed by atoms with Crippen molar-refractivity contribution >= 4 is 46.0 Å². The maximum atomic E-state index is 13.4. The van der Waals surface area contributed by atoms with Gasteiger partial charge in [-0.25, -0.2) is 9.40 Å². The van der Waals surface area contributed by atoms with Gasteiger partial charge in [-0.05, 0) is 48.7 Å². The molecule has 1 aliphatic heterocycles. The Labute approximate surface area is 193 Å². The molecule has 10 heteroatoms. The van der Waals surface area contributed by atoms with Gasteiger partial charge in [0.1, 0.15) is 17.1 Å². The van der Waals surface area contributed by atoms with E-state index < -0.39 is 5.82 Å². The van der Waals surface area contributed by atoms with Crippen LogP contribution in [0.4, 0.5) is 4.39 Å². The number of fused-ring (bicyclic) bond motifs is 1. The number of carbonyl (C=O) groups is 2. The lowest BCUT2D eigenvalue weighted by atomic mass is 10.1. The van der Waals surface area contributed by atoms with Crippen molar-refractivity contribution in [2.24, 2.45) is 5.92 Å². The third-order valence-corrected chi connectivity index (χ3v) is 5.64. The van der Waals surface area contributed by atoms with Crippen LogP contribution in [0.5, 0.6) is 5.75 Å². The molecular weight excluding hydrogens is 460 g/mol. The van der Waals surface area contributed by atoms with E-state index in [2.05, 4.69) is 10.7 Å². The quantitative estimate of drug-likeness (QED) is 0.534. The zero-order valence-electron chi connectivity index (χ0n) is 16.9. The van der Waals surface area contributed by atoms with Gasteiger partial charge in [-0.1, -0.05) is 23.2 Å². The van der Waals surface area contributed by atoms with Crippen LogP contribution in [0, 0.1) is 11.7 Å². The van der Waals surface area contributed by atoms with Crippen LogP contribution in [0.25, 0.3) is 11.0 Å². The maximum Gasteiger partial charge on any atom is 0.301 e. The molecule has 1 unspecified atom stereocenters. The number of hydrazine groups is 1. The summed E-state index contributed by atoms with van der Waals surface area (Å²) in [6, 6.07) is 10.8. The highest BCUT2D eigenvalue weighted by Crippen LogP contribution is 2.23. The molecule has 2 amide bonds. The number of hydrogen-bond acceptors (Lipinski definition) is 5. The summed E-state index contributed by atoms with van der Waals surface area (Å²) < 4.78 is 24.3. The third-order valence-electron chi connectivity index (χ3n) is 5.10. The molecule has 0 radical (unpaired) electrons. The molecule has 1 saturated heterocycles. The average Bonchev–Trinajstić information content (AvgIpc) is 3.39. The lowest BCUT2D eigenvalue weighted by Crippen LogP contribution is -2.41. The third kappa shape index (κ3) is 5.51. The second-order valence-corrected chi connectivity index (χ2v) is 8.35. The normalized spacial score (nSPS) is 16.3. The molecule has 0 aliphatic carbocycles. The van der Waals surface area contributed by atoms with Gasteiger partial charge in [0.25, 0.3) is 5.91 Å². The summed E-state index contributed by atoms with van der Waals surface area (Å²) in [5.41, 5.74) is 3.42. The van der Waals surface area contributed by atoms with Crippen molar-refractivity contribution in [2.75, 3.05) is 26.2 Å². The summed E-state index contributed by atoms with van der Waals surface area (Å²) in [6.45, 7) is 1.44. The molecule has 1 atom stereocenters. The number of hydrogen-bond donors (Lipinski definition) is 2. The van der Waals surface area contributed by atoms with E-state index in [4.69, 9.17) is 32.4 Å². The molecule has 2 heterocycles. The molecular formula is C22H20Cl2FN3O4. The smallest absolute Gasteiger partial charge is 0.301 e. The lowest BCUT2D eigenvalue weighted by molar-refractivity contribution is -0.123. The Morgan fingerprint density at radius 3 is 2.84 bits per heavy atom. The van der Waals surface area contributed by atoms with E-state index in [1.807, 2.05) is 0 Å². The maximum absolute atomic E-state index is 13.4. The number of rotatable bonds is 7. The number of benzene rings is 2. The summed E-state index contributed by atoms with van der Waals surface area (Å²) in [5, 5.41) is 5.91. The van der Waals surface area contributed by atoms with Crippen molar-refractivity contribution in [1.29, 1.82) is 0 Å². The number of carbonyl (C=O) groups excluding carboxylic acids is 2. The Kier molecular flexibility index (Phi) is 6.83. The molecule has 4 rings (SSSR count). The Hall–Kier alpha value is -2.81. The van der Waals surface area contributed by atoms with E-state index >= 15 is 0 Å². The van der Waals surface area contributed by atoms with E-state index in [-0.39, 0.29) is 40.9 Å². The topological polar surface area (TPSA) is 83.8 Å². The molecule has 2 aromatic carbocycles. The fraction of sp³-hybridized carbons (Fsp3) is 0.273. The van der Waals surface area contributed by atoms with Gasteiger partial charge < -0.3 is 14.5 Å². The van der Waals surface area contributed by atoms with Crippen LogP contribution in [-0.4, -0.2) is 43.1 Å². The minimum atomic E-state index is -0.607. The zero-order chi connectivity index (χ0) is 22.7. The fourth-order valence-electron chi connectivity index (χ4n) is 3.45. The van der Waals surface area contributed by atoms with Crippen molar-refractivity contribution in [3.63, 3.8) is 0 Å². The highest BCUT2D eigenvalue weighted by atomic mass is 35.5. The summed E-state index contributed by atoms with van der Waals surface area (Å²) in [7, 11) is 0. The first kappa shape index (κ1) is 22.4. The Morgan fingerprint density at radius 1 is 1.19 bits per heavy atom. The first-order chi connectivity index (χ1) is 15.4. The van der Waals surface area contributed by atoms with E-state index in [1.54, 1.807) is 29.3 Å². The van der Waals surface area contributed by atoms with E-state index in [9.17, 15) is 14.0 Å². The lowest BCUT2D eigenvalue weighted by Gasteiger charge is -2.17. The molecule has 32 heavy (non-hydrogen) atoms. The molecule has 3 aromatic rings. The minimum absolute atomic E-state index is 0.00982. The highest BCUT2D eigenvalue weighted by Gasteiger charge is 2.25. The SMILES string of the molecule is O=C(COc1ccc(Cl)c(F)c1)NCC1CCN(NC(=O)c2cc3cc(Cl)ccc3o2)C1. The van der Waals surface area contributed by atoms with Gasteiger partial charge in [0, 0.05) is 36.1 Å². The summed E-state index contributed by atoms with van der Waals surface area (Å²) in [4.78, 5) is 24.5. The molecule has 0 bridgehead atoms. The summed E-state index contributed by atoms with van der Waals surface area (Å²) in [6.07, 6.45) is 0.805. The Morgan fingerprint density at radius 2 is 2.03 bits per heavy atom. The van der Waals surface area contributed by atoms with E-state index in [0.29, 0.717) is 30.2 Å². The van der Waals surface area contributed by atoms with Gasteiger partial charge >= 0.3 is 5.91 Å². The van der Waals surface area contributed by atoms with Crippen molar-refractivity contribution in [1.82, 2.24) is 15.8 Å². The average molecular weight is 480 g/mol. The van der Waals surface area contributed by atoms with Crippen LogP contribution in [0.2, 0.25) is 10.0 Å². The molecule has 1 fully saturated rings.